The van der Waals surface area contributed by atoms with Gasteiger partial charge in [-0.1, -0.05) is 12.7 Å². The number of H-pyrrole nitrogens is 1. The fourth-order valence-electron chi connectivity index (χ4n) is 1.20. The molecule has 0 fully saturated rings. The van der Waals surface area contributed by atoms with E-state index < -0.39 is 0 Å². The highest BCUT2D eigenvalue weighted by molar-refractivity contribution is 5.63. The fraction of sp³-hybridized carbons (Fsp3) is 0.182. The van der Waals surface area contributed by atoms with Gasteiger partial charge in [0.25, 0.3) is 0 Å². The molecule has 0 atom stereocenters. The molecule has 0 saturated heterocycles. The van der Waals surface area contributed by atoms with Crippen LogP contribution in [0.4, 0.5) is 5.82 Å². The first-order chi connectivity index (χ1) is 7.08. The maximum absolute atomic E-state index is 11.5. The van der Waals surface area contributed by atoms with Gasteiger partial charge >= 0.3 is 0 Å². The molecule has 0 spiro atoms. The van der Waals surface area contributed by atoms with Crippen molar-refractivity contribution in [2.24, 2.45) is 0 Å². The number of hydrogen-bond acceptors (Lipinski definition) is 3. The Morgan fingerprint density at radius 2 is 2.33 bits per heavy atom. The second-order valence-corrected chi connectivity index (χ2v) is 3.08. The molecule has 0 saturated carbocycles. The smallest absolute Gasteiger partial charge is 0.191 e. The number of aromatic amines is 1. The van der Waals surface area contributed by atoms with Crippen LogP contribution in [0.15, 0.2) is 23.2 Å². The highest BCUT2D eigenvalue weighted by Crippen LogP contribution is 2.10. The molecule has 0 radical (unpaired) electrons. The summed E-state index contributed by atoms with van der Waals surface area (Å²) < 4.78 is 5.00. The third-order valence-corrected chi connectivity index (χ3v) is 1.99. The third kappa shape index (κ3) is 2.49. The average Bonchev–Trinajstić information content (AvgIpc) is 2.17. The molecule has 0 aliphatic rings. The monoisotopic (exact) mass is 206 g/mol. The largest absolute Gasteiger partial charge is 0.501 e. The number of rotatable bonds is 3. The minimum atomic E-state index is -0.156. The summed E-state index contributed by atoms with van der Waals surface area (Å²) in [7, 11) is 1.56. The van der Waals surface area contributed by atoms with Crippen LogP contribution < -0.4 is 11.2 Å². The lowest BCUT2D eigenvalue weighted by atomic mass is 10.1. The highest BCUT2D eigenvalue weighted by atomic mass is 16.5. The van der Waals surface area contributed by atoms with E-state index in [1.807, 2.05) is 0 Å². The summed E-state index contributed by atoms with van der Waals surface area (Å²) in [5, 5.41) is 0. The molecule has 1 rings (SSSR count). The Bertz CT molecular complexity index is 458. The molecular weight excluding hydrogens is 192 g/mol. The summed E-state index contributed by atoms with van der Waals surface area (Å²) in [6.07, 6.45) is 3.20. The lowest BCUT2D eigenvalue weighted by molar-refractivity contribution is 0.297. The predicted octanol–water partition coefficient (Wildman–Crippen LogP) is 1.61. The van der Waals surface area contributed by atoms with E-state index in [0.717, 1.165) is 0 Å². The van der Waals surface area contributed by atoms with Gasteiger partial charge in [0.1, 0.15) is 5.82 Å². The van der Waals surface area contributed by atoms with Crippen molar-refractivity contribution in [3.05, 3.63) is 39.9 Å². The summed E-state index contributed by atoms with van der Waals surface area (Å²) in [4.78, 5) is 14.4. The van der Waals surface area contributed by atoms with Crippen molar-refractivity contribution in [1.29, 1.82) is 0 Å². The van der Waals surface area contributed by atoms with Crippen LogP contribution in [0.3, 0.4) is 0 Å². The first-order valence-corrected chi connectivity index (χ1v) is 4.46. The molecule has 1 aromatic rings. The van der Waals surface area contributed by atoms with Gasteiger partial charge in [-0.05, 0) is 13.0 Å². The van der Waals surface area contributed by atoms with Crippen LogP contribution in [0.1, 0.15) is 18.2 Å². The van der Waals surface area contributed by atoms with E-state index in [9.17, 15) is 4.79 Å². The first-order valence-electron chi connectivity index (χ1n) is 4.46. The Labute approximate surface area is 88.1 Å². The number of nitrogen functional groups attached to an aromatic ring is 1. The van der Waals surface area contributed by atoms with Crippen molar-refractivity contribution in [3.8, 4) is 0 Å². The van der Waals surface area contributed by atoms with Gasteiger partial charge < -0.3 is 15.5 Å². The zero-order valence-corrected chi connectivity index (χ0v) is 8.83. The lowest BCUT2D eigenvalue weighted by Gasteiger charge is -2.04. The van der Waals surface area contributed by atoms with E-state index >= 15 is 0 Å². The van der Waals surface area contributed by atoms with Crippen molar-refractivity contribution in [2.75, 3.05) is 12.8 Å². The van der Waals surface area contributed by atoms with Crippen LogP contribution >= 0.6 is 0 Å². The maximum atomic E-state index is 11.5. The van der Waals surface area contributed by atoms with Crippen LogP contribution in [-0.2, 0) is 4.74 Å². The Balaban J connectivity index is 3.39. The highest BCUT2D eigenvalue weighted by Gasteiger charge is 2.03. The number of ether oxygens (including phenoxy) is 1. The number of nitrogens with two attached hydrogens (primary N) is 1. The molecule has 0 aliphatic heterocycles. The molecule has 0 amide bonds. The second kappa shape index (κ2) is 4.50. The Morgan fingerprint density at radius 3 is 2.87 bits per heavy atom. The Morgan fingerprint density at radius 1 is 1.67 bits per heavy atom. The zero-order chi connectivity index (χ0) is 11.4. The quantitative estimate of drug-likeness (QED) is 0.738. The molecule has 0 unspecified atom stereocenters. The van der Waals surface area contributed by atoms with E-state index in [1.54, 1.807) is 20.1 Å². The van der Waals surface area contributed by atoms with E-state index in [0.29, 0.717) is 22.8 Å². The minimum absolute atomic E-state index is 0.156. The number of hydrogen-bond donors (Lipinski definition) is 2. The number of methoxy groups -OCH3 is 1. The number of pyridine rings is 1. The van der Waals surface area contributed by atoms with Crippen LogP contribution in [0, 0.1) is 0 Å². The number of aromatic nitrogens is 1. The lowest BCUT2D eigenvalue weighted by Crippen LogP contribution is -2.10. The van der Waals surface area contributed by atoms with Gasteiger partial charge in [0.15, 0.2) is 5.43 Å². The molecule has 15 heavy (non-hydrogen) atoms. The molecule has 0 aliphatic carbocycles. The normalized spacial score (nSPS) is 11.2. The summed E-state index contributed by atoms with van der Waals surface area (Å²) >= 11 is 0. The third-order valence-electron chi connectivity index (χ3n) is 1.99. The topological polar surface area (TPSA) is 68.1 Å². The Hall–Kier alpha value is -1.97. The van der Waals surface area contributed by atoms with Crippen LogP contribution in [0.25, 0.3) is 12.2 Å². The number of anilines is 1. The molecule has 3 N–H and O–H groups in total. The van der Waals surface area contributed by atoms with Crippen molar-refractivity contribution in [1.82, 2.24) is 4.98 Å². The summed E-state index contributed by atoms with van der Waals surface area (Å²) in [6, 6.07) is 1.33. The molecule has 0 aromatic carbocycles. The second-order valence-electron chi connectivity index (χ2n) is 3.08. The molecule has 4 nitrogen and oxygen atoms in total. The minimum Gasteiger partial charge on any atom is -0.501 e. The van der Waals surface area contributed by atoms with Gasteiger partial charge in [-0.15, -0.1) is 0 Å². The van der Waals surface area contributed by atoms with Gasteiger partial charge in [-0.25, -0.2) is 0 Å². The average molecular weight is 206 g/mol. The van der Waals surface area contributed by atoms with Gasteiger partial charge in [0.2, 0.25) is 0 Å². The van der Waals surface area contributed by atoms with E-state index in [-0.39, 0.29) is 5.43 Å². The van der Waals surface area contributed by atoms with Crippen LogP contribution in [0.2, 0.25) is 0 Å². The SMILES string of the molecule is C=Cc1c(/C=C(\C)OC)[nH]c(N)cc1=O. The van der Waals surface area contributed by atoms with Gasteiger partial charge in [0.05, 0.1) is 18.6 Å². The molecule has 1 aromatic heterocycles. The summed E-state index contributed by atoms with van der Waals surface area (Å²) in [5.74, 6) is 1.00. The first kappa shape index (κ1) is 11.1. The standard InChI is InChI=1S/C11H14N2O2/c1-4-8-9(5-7(2)15-3)13-11(12)6-10(8)14/h4-6H,1H2,2-3H3,(H3,12,13,14)/b7-5+. The number of allylic oxidation sites excluding steroid dienone is 1. The van der Waals surface area contributed by atoms with E-state index in [1.165, 1.54) is 12.1 Å². The van der Waals surface area contributed by atoms with Gasteiger partial charge in [-0.3, -0.25) is 4.79 Å². The van der Waals surface area contributed by atoms with E-state index in [4.69, 9.17) is 10.5 Å². The Kier molecular flexibility index (Phi) is 3.33. The van der Waals surface area contributed by atoms with Crippen molar-refractivity contribution >= 4 is 18.0 Å². The van der Waals surface area contributed by atoms with E-state index in [2.05, 4.69) is 11.6 Å². The summed E-state index contributed by atoms with van der Waals surface area (Å²) in [6.45, 7) is 5.37. The maximum Gasteiger partial charge on any atom is 0.191 e. The molecular formula is C11H14N2O2. The molecule has 1 heterocycles. The van der Waals surface area contributed by atoms with Crippen LogP contribution in [0.5, 0.6) is 0 Å². The van der Waals surface area contributed by atoms with Crippen molar-refractivity contribution in [3.63, 3.8) is 0 Å². The molecule has 80 valence electrons. The van der Waals surface area contributed by atoms with Crippen molar-refractivity contribution < 1.29 is 4.74 Å². The predicted molar refractivity (Wildman–Crippen MR) is 62.2 cm³/mol. The summed E-state index contributed by atoms with van der Waals surface area (Å²) in [5.41, 5.74) is 6.48. The van der Waals surface area contributed by atoms with Gasteiger partial charge in [0, 0.05) is 11.6 Å². The molecule has 4 heteroatoms. The number of nitrogens with one attached hydrogen (secondary N) is 1. The van der Waals surface area contributed by atoms with Crippen LogP contribution in [-0.4, -0.2) is 12.1 Å². The molecule has 0 bridgehead atoms. The van der Waals surface area contributed by atoms with Crippen molar-refractivity contribution in [2.45, 2.75) is 6.92 Å². The fourth-order valence-corrected chi connectivity index (χ4v) is 1.20. The van der Waals surface area contributed by atoms with Gasteiger partial charge in [-0.2, -0.15) is 0 Å². The zero-order valence-electron chi connectivity index (χ0n) is 8.83.